The highest BCUT2D eigenvalue weighted by molar-refractivity contribution is 7.91. The topological polar surface area (TPSA) is 76.6 Å². The molecule has 0 aromatic carbocycles. The molecular formula is C18H22N2O4S2. The summed E-state index contributed by atoms with van der Waals surface area (Å²) in [5.74, 6) is -0.695. The molecule has 1 aliphatic rings. The van der Waals surface area contributed by atoms with Gasteiger partial charge in [-0.2, -0.15) is 4.31 Å². The standard InChI is InChI=1S/C18H22N2O4S2/c21-18(24-11-3-6-15-5-1-9-19-13-15)16-7-2-10-20(14-16)26(22,23)17-8-4-12-25-17/h1,4-5,8-9,12-13,16H,2-3,6-7,10-11,14H2. The number of pyridine rings is 1. The lowest BCUT2D eigenvalue weighted by molar-refractivity contribution is -0.149. The van der Waals surface area contributed by atoms with E-state index >= 15 is 0 Å². The van der Waals surface area contributed by atoms with E-state index in [2.05, 4.69) is 4.98 Å². The molecule has 1 fully saturated rings. The van der Waals surface area contributed by atoms with Crippen LogP contribution in [0.5, 0.6) is 0 Å². The van der Waals surface area contributed by atoms with E-state index in [4.69, 9.17) is 4.74 Å². The molecule has 0 spiro atoms. The summed E-state index contributed by atoms with van der Waals surface area (Å²) in [6.07, 6.45) is 6.38. The summed E-state index contributed by atoms with van der Waals surface area (Å²) in [6, 6.07) is 7.19. The van der Waals surface area contributed by atoms with Gasteiger partial charge in [0.1, 0.15) is 4.21 Å². The molecular weight excluding hydrogens is 372 g/mol. The van der Waals surface area contributed by atoms with Crippen LogP contribution in [0.25, 0.3) is 0 Å². The van der Waals surface area contributed by atoms with Gasteiger partial charge >= 0.3 is 5.97 Å². The van der Waals surface area contributed by atoms with Gasteiger partial charge in [-0.15, -0.1) is 11.3 Å². The number of hydrogen-bond donors (Lipinski definition) is 0. The van der Waals surface area contributed by atoms with Crippen LogP contribution in [-0.2, 0) is 26.0 Å². The van der Waals surface area contributed by atoms with Gasteiger partial charge in [-0.05, 0) is 48.8 Å². The highest BCUT2D eigenvalue weighted by Gasteiger charge is 2.34. The lowest BCUT2D eigenvalue weighted by Crippen LogP contribution is -2.42. The second kappa shape index (κ2) is 8.75. The lowest BCUT2D eigenvalue weighted by atomic mass is 10.00. The minimum Gasteiger partial charge on any atom is -0.465 e. The van der Waals surface area contributed by atoms with Crippen molar-refractivity contribution in [2.45, 2.75) is 29.9 Å². The predicted octanol–water partition coefficient (Wildman–Crippen LogP) is 2.72. The monoisotopic (exact) mass is 394 g/mol. The number of aryl methyl sites for hydroxylation is 1. The average molecular weight is 395 g/mol. The maximum Gasteiger partial charge on any atom is 0.310 e. The van der Waals surface area contributed by atoms with Crippen LogP contribution >= 0.6 is 11.3 Å². The van der Waals surface area contributed by atoms with Crippen molar-refractivity contribution in [3.05, 3.63) is 47.6 Å². The van der Waals surface area contributed by atoms with E-state index < -0.39 is 15.9 Å². The first-order valence-electron chi connectivity index (χ1n) is 8.66. The quantitative estimate of drug-likeness (QED) is 0.533. The Morgan fingerprint density at radius 3 is 2.96 bits per heavy atom. The van der Waals surface area contributed by atoms with Gasteiger partial charge in [0.05, 0.1) is 12.5 Å². The average Bonchev–Trinajstić information content (AvgIpc) is 3.22. The van der Waals surface area contributed by atoms with Crippen LogP contribution in [0.3, 0.4) is 0 Å². The fourth-order valence-electron chi connectivity index (χ4n) is 3.00. The number of esters is 1. The molecule has 1 saturated heterocycles. The van der Waals surface area contributed by atoms with Crippen LogP contribution in [0.4, 0.5) is 0 Å². The molecule has 0 saturated carbocycles. The summed E-state index contributed by atoms with van der Waals surface area (Å²) in [6.45, 7) is 0.981. The molecule has 0 amide bonds. The maximum absolute atomic E-state index is 12.6. The van der Waals surface area contributed by atoms with E-state index in [-0.39, 0.29) is 12.5 Å². The molecule has 0 N–H and O–H groups in total. The first-order chi connectivity index (χ1) is 12.6. The van der Waals surface area contributed by atoms with E-state index in [0.29, 0.717) is 30.2 Å². The van der Waals surface area contributed by atoms with Crippen molar-refractivity contribution in [2.24, 2.45) is 5.92 Å². The van der Waals surface area contributed by atoms with Gasteiger partial charge in [0.25, 0.3) is 10.0 Å². The van der Waals surface area contributed by atoms with Crippen molar-refractivity contribution >= 4 is 27.3 Å². The van der Waals surface area contributed by atoms with Crippen LogP contribution in [0, 0.1) is 5.92 Å². The smallest absolute Gasteiger partial charge is 0.310 e. The Balaban J connectivity index is 1.49. The van der Waals surface area contributed by atoms with Crippen LogP contribution in [0.1, 0.15) is 24.8 Å². The van der Waals surface area contributed by atoms with Crippen LogP contribution < -0.4 is 0 Å². The van der Waals surface area contributed by atoms with Crippen LogP contribution in [0.15, 0.2) is 46.2 Å². The number of rotatable bonds is 7. The Kier molecular flexibility index (Phi) is 6.39. The van der Waals surface area contributed by atoms with Gasteiger partial charge in [-0.25, -0.2) is 8.42 Å². The summed E-state index contributed by atoms with van der Waals surface area (Å²) < 4.78 is 32.3. The third kappa shape index (κ3) is 4.69. The van der Waals surface area contributed by atoms with Gasteiger partial charge in [0, 0.05) is 25.5 Å². The summed E-state index contributed by atoms with van der Waals surface area (Å²) in [5, 5.41) is 1.74. The van der Waals surface area contributed by atoms with Crippen molar-refractivity contribution in [1.82, 2.24) is 9.29 Å². The van der Waals surface area contributed by atoms with Crippen LogP contribution in [0.2, 0.25) is 0 Å². The van der Waals surface area contributed by atoms with Gasteiger partial charge < -0.3 is 4.74 Å². The summed E-state index contributed by atoms with van der Waals surface area (Å²) in [5.41, 5.74) is 1.11. The fourth-order valence-corrected chi connectivity index (χ4v) is 5.67. The van der Waals surface area contributed by atoms with E-state index in [0.717, 1.165) is 18.4 Å². The van der Waals surface area contributed by atoms with Crippen LogP contribution in [-0.4, -0.2) is 43.4 Å². The van der Waals surface area contributed by atoms with E-state index in [1.165, 1.54) is 15.6 Å². The molecule has 0 radical (unpaired) electrons. The molecule has 3 heterocycles. The Morgan fingerprint density at radius 1 is 1.35 bits per heavy atom. The van der Waals surface area contributed by atoms with Crippen molar-refractivity contribution in [3.8, 4) is 0 Å². The normalized spacial score (nSPS) is 18.5. The SMILES string of the molecule is O=C(OCCCc1cccnc1)C1CCCN(S(=O)(=O)c2cccs2)C1. The molecule has 0 bridgehead atoms. The minimum absolute atomic E-state index is 0.196. The zero-order valence-electron chi connectivity index (χ0n) is 14.4. The lowest BCUT2D eigenvalue weighted by Gasteiger charge is -2.30. The Labute approximate surface area is 157 Å². The zero-order valence-corrected chi connectivity index (χ0v) is 16.0. The highest BCUT2D eigenvalue weighted by atomic mass is 32.2. The Bertz CT molecular complexity index is 807. The minimum atomic E-state index is -3.51. The zero-order chi connectivity index (χ0) is 18.4. The Hall–Kier alpha value is -1.77. The maximum atomic E-state index is 12.6. The number of carbonyl (C=O) groups is 1. The molecule has 1 aliphatic heterocycles. The van der Waals surface area contributed by atoms with Gasteiger partial charge in [0.2, 0.25) is 0 Å². The molecule has 1 atom stereocenters. The number of hydrogen-bond acceptors (Lipinski definition) is 6. The van der Waals surface area contributed by atoms with Crippen molar-refractivity contribution in [2.75, 3.05) is 19.7 Å². The first-order valence-corrected chi connectivity index (χ1v) is 11.0. The van der Waals surface area contributed by atoms with Gasteiger partial charge in [-0.3, -0.25) is 9.78 Å². The second-order valence-corrected chi connectivity index (χ2v) is 9.38. The Morgan fingerprint density at radius 2 is 2.23 bits per heavy atom. The number of carbonyl (C=O) groups excluding carboxylic acids is 1. The summed E-state index contributed by atoms with van der Waals surface area (Å²) >= 11 is 1.20. The van der Waals surface area contributed by atoms with Crippen molar-refractivity contribution in [3.63, 3.8) is 0 Å². The molecule has 2 aromatic heterocycles. The fraction of sp³-hybridized carbons (Fsp3) is 0.444. The number of ether oxygens (including phenoxy) is 1. The van der Waals surface area contributed by atoms with Gasteiger partial charge in [-0.1, -0.05) is 12.1 Å². The number of aromatic nitrogens is 1. The van der Waals surface area contributed by atoms with Crippen molar-refractivity contribution in [1.29, 1.82) is 0 Å². The van der Waals surface area contributed by atoms with E-state index in [1.54, 1.807) is 29.9 Å². The third-order valence-corrected chi connectivity index (χ3v) is 7.62. The van der Waals surface area contributed by atoms with Crippen molar-refractivity contribution < 1.29 is 17.9 Å². The molecule has 26 heavy (non-hydrogen) atoms. The molecule has 2 aromatic rings. The predicted molar refractivity (Wildman–Crippen MR) is 99.3 cm³/mol. The van der Waals surface area contributed by atoms with Gasteiger partial charge in [0.15, 0.2) is 0 Å². The molecule has 0 aliphatic carbocycles. The number of sulfonamides is 1. The molecule has 6 nitrogen and oxygen atoms in total. The van der Waals surface area contributed by atoms with E-state index in [9.17, 15) is 13.2 Å². The molecule has 8 heteroatoms. The highest BCUT2D eigenvalue weighted by Crippen LogP contribution is 2.26. The largest absolute Gasteiger partial charge is 0.465 e. The molecule has 3 rings (SSSR count). The number of thiophene rings is 1. The first kappa shape index (κ1) is 19.0. The summed E-state index contributed by atoms with van der Waals surface area (Å²) in [4.78, 5) is 16.4. The summed E-state index contributed by atoms with van der Waals surface area (Å²) in [7, 11) is -3.51. The molecule has 1 unspecified atom stereocenters. The van der Waals surface area contributed by atoms with E-state index in [1.807, 2.05) is 12.1 Å². The second-order valence-electron chi connectivity index (χ2n) is 6.27. The molecule has 140 valence electrons. The number of piperidine rings is 1. The third-order valence-electron chi connectivity index (χ3n) is 4.38. The number of nitrogens with zero attached hydrogens (tertiary/aromatic N) is 2.